The number of hydrogen-bond donors (Lipinski definition) is 0. The zero-order chi connectivity index (χ0) is 16.4. The zero-order valence-corrected chi connectivity index (χ0v) is 14.8. The second-order valence-electron chi connectivity index (χ2n) is 6.40. The fourth-order valence-corrected chi connectivity index (χ4v) is 3.97. The van der Waals surface area contributed by atoms with E-state index in [1.807, 2.05) is 21.8 Å². The summed E-state index contributed by atoms with van der Waals surface area (Å²) in [6.45, 7) is 7.82. The standard InChI is InChI=1S/C17H24N4OS/c1-4-14-11-23-16(18-14)13-6-5-8-20(10-13)17(22)15-7-9-21(19-15)12(2)3/h7,9,11-13H,4-6,8,10H2,1-3H3. The van der Waals surface area contributed by atoms with E-state index in [1.54, 1.807) is 11.3 Å². The maximum atomic E-state index is 12.7. The predicted molar refractivity (Wildman–Crippen MR) is 92.0 cm³/mol. The minimum atomic E-state index is 0.0429. The van der Waals surface area contributed by atoms with Crippen LogP contribution in [0.15, 0.2) is 17.6 Å². The zero-order valence-electron chi connectivity index (χ0n) is 14.0. The largest absolute Gasteiger partial charge is 0.337 e. The summed E-state index contributed by atoms with van der Waals surface area (Å²) in [6, 6.07) is 2.10. The maximum Gasteiger partial charge on any atom is 0.274 e. The van der Waals surface area contributed by atoms with E-state index in [0.29, 0.717) is 11.6 Å². The molecule has 1 aliphatic rings. The Labute approximate surface area is 141 Å². The second kappa shape index (κ2) is 6.83. The van der Waals surface area contributed by atoms with Gasteiger partial charge in [-0.25, -0.2) is 4.98 Å². The minimum absolute atomic E-state index is 0.0429. The molecule has 124 valence electrons. The lowest BCUT2D eigenvalue weighted by molar-refractivity contribution is 0.0700. The molecule has 1 unspecified atom stereocenters. The topological polar surface area (TPSA) is 51.0 Å². The summed E-state index contributed by atoms with van der Waals surface area (Å²) >= 11 is 1.73. The number of aromatic nitrogens is 3. The van der Waals surface area contributed by atoms with Crippen molar-refractivity contribution in [2.24, 2.45) is 0 Å². The first-order valence-electron chi connectivity index (χ1n) is 8.37. The molecule has 1 aliphatic heterocycles. The molecule has 0 aromatic carbocycles. The van der Waals surface area contributed by atoms with Crippen molar-refractivity contribution in [3.05, 3.63) is 34.0 Å². The lowest BCUT2D eigenvalue weighted by atomic mass is 9.98. The van der Waals surface area contributed by atoms with Crippen LogP contribution >= 0.6 is 11.3 Å². The molecule has 1 saturated heterocycles. The molecule has 0 bridgehead atoms. The molecular weight excluding hydrogens is 308 g/mol. The molecule has 3 heterocycles. The number of likely N-dealkylation sites (tertiary alicyclic amines) is 1. The van der Waals surface area contributed by atoms with Crippen LogP contribution in [-0.4, -0.2) is 38.7 Å². The van der Waals surface area contributed by atoms with Crippen LogP contribution in [0.25, 0.3) is 0 Å². The van der Waals surface area contributed by atoms with Crippen molar-refractivity contribution >= 4 is 17.2 Å². The summed E-state index contributed by atoms with van der Waals surface area (Å²) in [5, 5.41) is 7.72. The van der Waals surface area contributed by atoms with Crippen molar-refractivity contribution in [1.29, 1.82) is 0 Å². The normalized spacial score (nSPS) is 18.6. The van der Waals surface area contributed by atoms with E-state index in [2.05, 4.69) is 31.2 Å². The quantitative estimate of drug-likeness (QED) is 0.861. The number of carbonyl (C=O) groups is 1. The van der Waals surface area contributed by atoms with E-state index < -0.39 is 0 Å². The van der Waals surface area contributed by atoms with Gasteiger partial charge in [0.25, 0.3) is 5.91 Å². The molecule has 5 nitrogen and oxygen atoms in total. The van der Waals surface area contributed by atoms with Crippen LogP contribution < -0.4 is 0 Å². The SMILES string of the molecule is CCc1csc(C2CCCN(C(=O)c3ccn(C(C)C)n3)C2)n1. The van der Waals surface area contributed by atoms with Gasteiger partial charge in [0.15, 0.2) is 0 Å². The van der Waals surface area contributed by atoms with Gasteiger partial charge in [-0.15, -0.1) is 11.3 Å². The van der Waals surface area contributed by atoms with E-state index in [0.717, 1.165) is 38.0 Å². The molecule has 0 spiro atoms. The molecule has 2 aromatic heterocycles. The van der Waals surface area contributed by atoms with Crippen molar-refractivity contribution in [2.75, 3.05) is 13.1 Å². The van der Waals surface area contributed by atoms with Crippen molar-refractivity contribution in [3.8, 4) is 0 Å². The number of rotatable bonds is 4. The summed E-state index contributed by atoms with van der Waals surface area (Å²) < 4.78 is 1.84. The number of piperidine rings is 1. The third-order valence-corrected chi connectivity index (χ3v) is 5.40. The molecule has 0 radical (unpaired) electrons. The number of hydrogen-bond acceptors (Lipinski definition) is 4. The Hall–Kier alpha value is -1.69. The lowest BCUT2D eigenvalue weighted by Gasteiger charge is -2.31. The molecule has 2 aromatic rings. The molecule has 0 saturated carbocycles. The van der Waals surface area contributed by atoms with Gasteiger partial charge in [-0.3, -0.25) is 9.48 Å². The highest BCUT2D eigenvalue weighted by Gasteiger charge is 2.28. The van der Waals surface area contributed by atoms with Crippen LogP contribution in [0, 0.1) is 0 Å². The van der Waals surface area contributed by atoms with Crippen LogP contribution in [0.3, 0.4) is 0 Å². The van der Waals surface area contributed by atoms with Gasteiger partial charge in [0.05, 0.1) is 10.7 Å². The highest BCUT2D eigenvalue weighted by molar-refractivity contribution is 7.09. The summed E-state index contributed by atoms with van der Waals surface area (Å²) in [4.78, 5) is 19.4. The summed E-state index contributed by atoms with van der Waals surface area (Å²) in [7, 11) is 0. The highest BCUT2D eigenvalue weighted by Crippen LogP contribution is 2.30. The van der Waals surface area contributed by atoms with Gasteiger partial charge in [0.2, 0.25) is 0 Å². The molecule has 23 heavy (non-hydrogen) atoms. The van der Waals surface area contributed by atoms with Gasteiger partial charge in [0.1, 0.15) is 5.69 Å². The number of nitrogens with zero attached hydrogens (tertiary/aromatic N) is 4. The van der Waals surface area contributed by atoms with Crippen molar-refractivity contribution in [2.45, 2.75) is 52.0 Å². The predicted octanol–water partition coefficient (Wildman–Crippen LogP) is 3.50. The van der Waals surface area contributed by atoms with Gasteiger partial charge >= 0.3 is 0 Å². The Bertz CT molecular complexity index is 676. The summed E-state index contributed by atoms with van der Waals surface area (Å²) in [5.74, 6) is 0.409. The number of carbonyl (C=O) groups excluding carboxylic acids is 1. The molecule has 0 aliphatic carbocycles. The minimum Gasteiger partial charge on any atom is -0.337 e. The average molecular weight is 332 g/mol. The first-order valence-corrected chi connectivity index (χ1v) is 9.25. The lowest BCUT2D eigenvalue weighted by Crippen LogP contribution is -2.39. The van der Waals surface area contributed by atoms with Gasteiger partial charge in [-0.05, 0) is 39.2 Å². The Kier molecular flexibility index (Phi) is 4.80. The summed E-state index contributed by atoms with van der Waals surface area (Å²) in [6.07, 6.45) is 5.00. The molecule has 1 atom stereocenters. The van der Waals surface area contributed by atoms with Crippen LogP contribution in [0.1, 0.15) is 66.8 Å². The van der Waals surface area contributed by atoms with Crippen LogP contribution in [0.2, 0.25) is 0 Å². The van der Waals surface area contributed by atoms with Gasteiger partial charge in [-0.1, -0.05) is 6.92 Å². The van der Waals surface area contributed by atoms with E-state index in [1.165, 1.54) is 5.01 Å². The van der Waals surface area contributed by atoms with Crippen LogP contribution in [0.4, 0.5) is 0 Å². The van der Waals surface area contributed by atoms with Gasteiger partial charge in [-0.2, -0.15) is 5.10 Å². The average Bonchev–Trinajstić information content (AvgIpc) is 3.23. The molecule has 1 fully saturated rings. The third kappa shape index (κ3) is 3.47. The van der Waals surface area contributed by atoms with Crippen molar-refractivity contribution < 1.29 is 4.79 Å². The van der Waals surface area contributed by atoms with Gasteiger partial charge < -0.3 is 4.90 Å². The number of thiazole rings is 1. The van der Waals surface area contributed by atoms with E-state index in [9.17, 15) is 4.79 Å². The van der Waals surface area contributed by atoms with Crippen LogP contribution in [-0.2, 0) is 6.42 Å². The van der Waals surface area contributed by atoms with E-state index >= 15 is 0 Å². The molecule has 0 N–H and O–H groups in total. The second-order valence-corrected chi connectivity index (χ2v) is 7.29. The molecule has 3 rings (SSSR count). The van der Waals surface area contributed by atoms with Crippen molar-refractivity contribution in [1.82, 2.24) is 19.7 Å². The smallest absolute Gasteiger partial charge is 0.274 e. The molecular formula is C17H24N4OS. The molecule has 6 heteroatoms. The number of amides is 1. The fourth-order valence-electron chi connectivity index (χ4n) is 2.94. The Morgan fingerprint density at radius 2 is 2.30 bits per heavy atom. The van der Waals surface area contributed by atoms with Crippen LogP contribution in [0.5, 0.6) is 0 Å². The molecule has 1 amide bonds. The Balaban J connectivity index is 1.70. The highest BCUT2D eigenvalue weighted by atomic mass is 32.1. The third-order valence-electron chi connectivity index (χ3n) is 4.35. The first kappa shape index (κ1) is 16.2. The summed E-state index contributed by atoms with van der Waals surface area (Å²) in [5.41, 5.74) is 1.71. The fraction of sp³-hybridized carbons (Fsp3) is 0.588. The van der Waals surface area contributed by atoms with Gasteiger partial charge in [0, 0.05) is 36.6 Å². The van der Waals surface area contributed by atoms with E-state index in [4.69, 9.17) is 4.98 Å². The number of aryl methyl sites for hydroxylation is 1. The van der Waals surface area contributed by atoms with E-state index in [-0.39, 0.29) is 11.9 Å². The monoisotopic (exact) mass is 332 g/mol. The maximum absolute atomic E-state index is 12.7. The Morgan fingerprint density at radius 3 is 2.96 bits per heavy atom. The first-order chi connectivity index (χ1) is 11.1. The van der Waals surface area contributed by atoms with Crippen molar-refractivity contribution in [3.63, 3.8) is 0 Å². The Morgan fingerprint density at radius 1 is 1.48 bits per heavy atom.